The Morgan fingerprint density at radius 3 is 2.88 bits per heavy atom. The molecule has 2 aromatic rings. The number of rotatable bonds is 3. The fourth-order valence-electron chi connectivity index (χ4n) is 1.51. The number of benzene rings is 1. The predicted molar refractivity (Wildman–Crippen MR) is 67.5 cm³/mol. The summed E-state index contributed by atoms with van der Waals surface area (Å²) < 4.78 is 7.06. The Kier molecular flexibility index (Phi) is 3.29. The lowest BCUT2D eigenvalue weighted by atomic mass is 10.3. The summed E-state index contributed by atoms with van der Waals surface area (Å²) >= 11 is 3.44. The number of aromatic nitrogens is 2. The van der Waals surface area contributed by atoms with Gasteiger partial charge in [-0.05, 0) is 19.1 Å². The van der Waals surface area contributed by atoms with E-state index in [9.17, 15) is 0 Å². The van der Waals surface area contributed by atoms with Gasteiger partial charge in [0.05, 0.1) is 18.5 Å². The van der Waals surface area contributed by atoms with Gasteiger partial charge in [0.1, 0.15) is 5.75 Å². The van der Waals surface area contributed by atoms with E-state index in [1.54, 1.807) is 7.11 Å². The fraction of sp³-hybridized carbons (Fsp3) is 0.250. The number of hydrogen-bond donors (Lipinski definition) is 0. The van der Waals surface area contributed by atoms with E-state index in [0.717, 1.165) is 22.5 Å². The SMILES string of the molecule is COc1cccc(-n2cc(CBr)c(C)n2)c1. The summed E-state index contributed by atoms with van der Waals surface area (Å²) in [5, 5.41) is 5.28. The Bertz CT molecular complexity index is 494. The van der Waals surface area contributed by atoms with Crippen LogP contribution in [0.4, 0.5) is 0 Å². The first kappa shape index (κ1) is 11.2. The van der Waals surface area contributed by atoms with E-state index in [4.69, 9.17) is 4.74 Å². The Morgan fingerprint density at radius 2 is 2.25 bits per heavy atom. The average Bonchev–Trinajstić information content (AvgIpc) is 2.71. The topological polar surface area (TPSA) is 27.1 Å². The summed E-state index contributed by atoms with van der Waals surface area (Å²) in [5.41, 5.74) is 3.25. The van der Waals surface area contributed by atoms with Crippen LogP contribution in [0.25, 0.3) is 5.69 Å². The standard InChI is InChI=1S/C12H13BrN2O/c1-9-10(7-13)8-15(14-9)11-4-3-5-12(6-11)16-2/h3-6,8H,7H2,1-2H3. The zero-order valence-electron chi connectivity index (χ0n) is 9.27. The van der Waals surface area contributed by atoms with Crippen LogP contribution < -0.4 is 4.74 Å². The number of aryl methyl sites for hydroxylation is 1. The lowest BCUT2D eigenvalue weighted by Crippen LogP contribution is -1.95. The summed E-state index contributed by atoms with van der Waals surface area (Å²) in [6.07, 6.45) is 2.03. The first-order valence-corrected chi connectivity index (χ1v) is 6.12. The van der Waals surface area contributed by atoms with E-state index in [2.05, 4.69) is 21.0 Å². The van der Waals surface area contributed by atoms with Crippen LogP contribution in [0, 0.1) is 6.92 Å². The van der Waals surface area contributed by atoms with Crippen molar-refractivity contribution in [3.8, 4) is 11.4 Å². The molecule has 1 heterocycles. The molecule has 84 valence electrons. The molecule has 3 nitrogen and oxygen atoms in total. The number of methoxy groups -OCH3 is 1. The number of halogens is 1. The molecule has 1 aromatic heterocycles. The van der Waals surface area contributed by atoms with Crippen LogP contribution >= 0.6 is 15.9 Å². The molecule has 1 aromatic carbocycles. The molecule has 4 heteroatoms. The van der Waals surface area contributed by atoms with Crippen LogP contribution in [0.5, 0.6) is 5.75 Å². The maximum atomic E-state index is 5.19. The minimum atomic E-state index is 0.822. The van der Waals surface area contributed by atoms with Gasteiger partial charge in [-0.25, -0.2) is 4.68 Å². The lowest BCUT2D eigenvalue weighted by Gasteiger charge is -2.03. The second-order valence-electron chi connectivity index (χ2n) is 3.52. The summed E-state index contributed by atoms with van der Waals surface area (Å²) in [6, 6.07) is 7.85. The van der Waals surface area contributed by atoms with Crippen LogP contribution in [-0.4, -0.2) is 16.9 Å². The average molecular weight is 281 g/mol. The zero-order valence-corrected chi connectivity index (χ0v) is 10.9. The Labute approximate surface area is 103 Å². The second kappa shape index (κ2) is 4.70. The van der Waals surface area contributed by atoms with Crippen molar-refractivity contribution in [3.05, 3.63) is 41.7 Å². The molecule has 0 aliphatic heterocycles. The molecular weight excluding hydrogens is 268 g/mol. The van der Waals surface area contributed by atoms with Gasteiger partial charge in [-0.3, -0.25) is 0 Å². The third-order valence-electron chi connectivity index (χ3n) is 2.46. The van der Waals surface area contributed by atoms with Gasteiger partial charge in [-0.1, -0.05) is 22.0 Å². The highest BCUT2D eigenvalue weighted by molar-refractivity contribution is 9.08. The van der Waals surface area contributed by atoms with Gasteiger partial charge in [0.15, 0.2) is 0 Å². The van der Waals surface area contributed by atoms with Crippen molar-refractivity contribution < 1.29 is 4.74 Å². The van der Waals surface area contributed by atoms with Gasteiger partial charge in [0.25, 0.3) is 0 Å². The molecule has 0 bridgehead atoms. The minimum Gasteiger partial charge on any atom is -0.497 e. The minimum absolute atomic E-state index is 0.822. The summed E-state index contributed by atoms with van der Waals surface area (Å²) in [7, 11) is 1.66. The van der Waals surface area contributed by atoms with Gasteiger partial charge >= 0.3 is 0 Å². The smallest absolute Gasteiger partial charge is 0.121 e. The fourth-order valence-corrected chi connectivity index (χ4v) is 2.06. The van der Waals surface area contributed by atoms with Crippen LogP contribution in [0.1, 0.15) is 11.3 Å². The van der Waals surface area contributed by atoms with Crippen molar-refractivity contribution in [1.29, 1.82) is 0 Å². The van der Waals surface area contributed by atoms with Crippen LogP contribution in [0.2, 0.25) is 0 Å². The van der Waals surface area contributed by atoms with Crippen LogP contribution in [0.3, 0.4) is 0 Å². The molecular formula is C12H13BrN2O. The Morgan fingerprint density at radius 1 is 1.44 bits per heavy atom. The number of nitrogens with zero attached hydrogens (tertiary/aromatic N) is 2. The van der Waals surface area contributed by atoms with Crippen molar-refractivity contribution in [2.24, 2.45) is 0 Å². The summed E-state index contributed by atoms with van der Waals surface area (Å²) in [4.78, 5) is 0. The van der Waals surface area contributed by atoms with Gasteiger partial charge in [-0.15, -0.1) is 0 Å². The number of alkyl halides is 1. The molecule has 0 N–H and O–H groups in total. The van der Waals surface area contributed by atoms with Gasteiger partial charge in [0, 0.05) is 23.2 Å². The second-order valence-corrected chi connectivity index (χ2v) is 4.08. The third-order valence-corrected chi connectivity index (χ3v) is 3.07. The Hall–Kier alpha value is -1.29. The highest BCUT2D eigenvalue weighted by Crippen LogP contribution is 2.18. The molecule has 0 aliphatic rings. The lowest BCUT2D eigenvalue weighted by molar-refractivity contribution is 0.414. The van der Waals surface area contributed by atoms with E-state index in [0.29, 0.717) is 0 Å². The molecule has 0 amide bonds. The quantitative estimate of drug-likeness (QED) is 0.808. The monoisotopic (exact) mass is 280 g/mol. The molecule has 0 unspecified atom stereocenters. The molecule has 0 atom stereocenters. The maximum absolute atomic E-state index is 5.19. The van der Waals surface area contributed by atoms with Crippen molar-refractivity contribution in [2.75, 3.05) is 7.11 Å². The number of hydrogen-bond acceptors (Lipinski definition) is 2. The first-order chi connectivity index (χ1) is 7.74. The van der Waals surface area contributed by atoms with E-state index < -0.39 is 0 Å². The van der Waals surface area contributed by atoms with E-state index in [1.165, 1.54) is 5.56 Å². The highest BCUT2D eigenvalue weighted by atomic mass is 79.9. The van der Waals surface area contributed by atoms with Crippen LogP contribution in [0.15, 0.2) is 30.5 Å². The normalized spacial score (nSPS) is 10.4. The summed E-state index contributed by atoms with van der Waals surface area (Å²) in [5.74, 6) is 0.839. The molecule has 0 fully saturated rings. The van der Waals surface area contributed by atoms with E-state index >= 15 is 0 Å². The highest BCUT2D eigenvalue weighted by Gasteiger charge is 2.05. The molecule has 2 rings (SSSR count). The third kappa shape index (κ3) is 2.11. The van der Waals surface area contributed by atoms with E-state index in [1.807, 2.05) is 42.1 Å². The molecule has 0 saturated heterocycles. The van der Waals surface area contributed by atoms with Gasteiger partial charge < -0.3 is 4.74 Å². The van der Waals surface area contributed by atoms with Crippen molar-refractivity contribution in [2.45, 2.75) is 12.3 Å². The number of ether oxygens (including phenoxy) is 1. The molecule has 0 radical (unpaired) electrons. The zero-order chi connectivity index (χ0) is 11.5. The van der Waals surface area contributed by atoms with Crippen molar-refractivity contribution in [1.82, 2.24) is 9.78 Å². The molecule has 0 spiro atoms. The Balaban J connectivity index is 2.41. The first-order valence-electron chi connectivity index (χ1n) is 5.00. The molecule has 0 saturated carbocycles. The largest absolute Gasteiger partial charge is 0.497 e. The van der Waals surface area contributed by atoms with E-state index in [-0.39, 0.29) is 0 Å². The van der Waals surface area contributed by atoms with Crippen molar-refractivity contribution >= 4 is 15.9 Å². The van der Waals surface area contributed by atoms with Crippen LogP contribution in [-0.2, 0) is 5.33 Å². The van der Waals surface area contributed by atoms with Gasteiger partial charge in [-0.2, -0.15) is 5.10 Å². The van der Waals surface area contributed by atoms with Crippen molar-refractivity contribution in [3.63, 3.8) is 0 Å². The molecule has 0 aliphatic carbocycles. The van der Waals surface area contributed by atoms with Gasteiger partial charge in [0.2, 0.25) is 0 Å². The molecule has 16 heavy (non-hydrogen) atoms. The maximum Gasteiger partial charge on any atom is 0.121 e. The predicted octanol–water partition coefficient (Wildman–Crippen LogP) is 3.08. The summed E-state index contributed by atoms with van der Waals surface area (Å²) in [6.45, 7) is 2.01.